The molecule has 0 saturated heterocycles. The van der Waals surface area contributed by atoms with Crippen LogP contribution in [0.3, 0.4) is 0 Å². The Morgan fingerprint density at radius 2 is 2.24 bits per heavy atom. The Labute approximate surface area is 125 Å². The molecule has 1 amide bonds. The van der Waals surface area contributed by atoms with Gasteiger partial charge in [-0.3, -0.25) is 4.79 Å². The van der Waals surface area contributed by atoms with E-state index in [9.17, 15) is 4.79 Å². The number of para-hydroxylation sites is 1. The molecule has 108 valence electrons. The van der Waals surface area contributed by atoms with Crippen LogP contribution < -0.4 is 4.80 Å². The quantitative estimate of drug-likeness (QED) is 0.747. The number of ether oxygens (including phenoxy) is 1. The van der Waals surface area contributed by atoms with E-state index in [1.165, 1.54) is 11.3 Å². The molecule has 0 spiro atoms. The first-order chi connectivity index (χ1) is 10.2. The monoisotopic (exact) mass is 302 g/mol. The van der Waals surface area contributed by atoms with E-state index in [-0.39, 0.29) is 5.76 Å². The molecule has 1 aromatic carbocycles. The zero-order chi connectivity index (χ0) is 14.8. The smallest absolute Gasteiger partial charge is 0.315 e. The summed E-state index contributed by atoms with van der Waals surface area (Å²) < 4.78 is 12.7. The number of rotatable bonds is 3. The fourth-order valence-electron chi connectivity index (χ4n) is 2.13. The molecule has 2 aromatic heterocycles. The Morgan fingerprint density at radius 3 is 2.95 bits per heavy atom. The summed E-state index contributed by atoms with van der Waals surface area (Å²) in [4.78, 5) is 17.2. The number of amides is 1. The minimum Gasteiger partial charge on any atom is -0.450 e. The first-order valence-corrected chi connectivity index (χ1v) is 7.27. The molecule has 5 nitrogen and oxygen atoms in total. The highest BCUT2D eigenvalue weighted by Gasteiger charge is 2.20. The van der Waals surface area contributed by atoms with Crippen LogP contribution in [0.2, 0.25) is 0 Å². The maximum Gasteiger partial charge on any atom is 0.315 e. The fourth-order valence-corrected chi connectivity index (χ4v) is 2.86. The lowest BCUT2D eigenvalue weighted by Gasteiger charge is -1.98. The number of aryl methyl sites for hydroxylation is 1. The van der Waals surface area contributed by atoms with Gasteiger partial charge in [-0.25, -0.2) is 0 Å². The van der Waals surface area contributed by atoms with Crippen molar-refractivity contribution in [2.75, 3.05) is 7.11 Å². The van der Waals surface area contributed by atoms with Crippen LogP contribution >= 0.6 is 11.3 Å². The number of fused-ring (bicyclic) bond motifs is 1. The van der Waals surface area contributed by atoms with Gasteiger partial charge in [-0.1, -0.05) is 18.2 Å². The third-order valence-electron chi connectivity index (χ3n) is 3.14. The summed E-state index contributed by atoms with van der Waals surface area (Å²) in [6, 6.07) is 7.51. The summed E-state index contributed by atoms with van der Waals surface area (Å²) in [5.74, 6) is -0.150. The summed E-state index contributed by atoms with van der Waals surface area (Å²) >= 11 is 1.40. The van der Waals surface area contributed by atoms with Crippen LogP contribution in [-0.4, -0.2) is 17.6 Å². The highest BCUT2D eigenvalue weighted by Crippen LogP contribution is 2.27. The molecular weight excluding hydrogens is 288 g/mol. The lowest BCUT2D eigenvalue weighted by molar-refractivity contribution is 0.0967. The van der Waals surface area contributed by atoms with Crippen LogP contribution in [0, 0.1) is 0 Å². The maximum atomic E-state index is 12.4. The molecule has 0 saturated carbocycles. The van der Waals surface area contributed by atoms with Crippen LogP contribution in [0.1, 0.15) is 16.1 Å². The average molecular weight is 302 g/mol. The van der Waals surface area contributed by atoms with Gasteiger partial charge in [0, 0.05) is 36.7 Å². The fraction of sp³-hybridized carbons (Fsp3) is 0.200. The first-order valence-electron chi connectivity index (χ1n) is 6.39. The number of hydrogen-bond donors (Lipinski definition) is 0. The van der Waals surface area contributed by atoms with Crippen molar-refractivity contribution in [2.45, 2.75) is 6.61 Å². The predicted octanol–water partition coefficient (Wildman–Crippen LogP) is 2.72. The van der Waals surface area contributed by atoms with Crippen molar-refractivity contribution in [1.82, 2.24) is 4.57 Å². The lowest BCUT2D eigenvalue weighted by Crippen LogP contribution is -2.13. The standard InChI is InChI=1S/C15H14N2O3S/c1-17-7-8-21-15(17)16-14(18)13-11(9-19-2)10-5-3-4-6-12(10)20-13/h3-8H,9H2,1-2H3. The molecular formula is C15H14N2O3S. The number of furan rings is 1. The summed E-state index contributed by atoms with van der Waals surface area (Å²) in [5.41, 5.74) is 1.40. The van der Waals surface area contributed by atoms with Crippen LogP contribution in [0.15, 0.2) is 45.3 Å². The van der Waals surface area contributed by atoms with Gasteiger partial charge in [-0.05, 0) is 6.07 Å². The Hall–Kier alpha value is -2.18. The summed E-state index contributed by atoms with van der Waals surface area (Å²) in [6.07, 6.45) is 1.85. The van der Waals surface area contributed by atoms with E-state index in [0.29, 0.717) is 17.0 Å². The molecule has 0 unspecified atom stereocenters. The van der Waals surface area contributed by atoms with Gasteiger partial charge < -0.3 is 13.7 Å². The van der Waals surface area contributed by atoms with Gasteiger partial charge in [0.1, 0.15) is 5.58 Å². The number of methoxy groups -OCH3 is 1. The number of benzene rings is 1. The molecule has 3 rings (SSSR count). The topological polar surface area (TPSA) is 56.7 Å². The normalized spacial score (nSPS) is 12.2. The molecule has 0 aliphatic carbocycles. The van der Waals surface area contributed by atoms with Crippen molar-refractivity contribution in [3.05, 3.63) is 52.0 Å². The number of aromatic nitrogens is 1. The second kappa shape index (κ2) is 5.67. The molecule has 0 radical (unpaired) electrons. The van der Waals surface area contributed by atoms with Gasteiger partial charge in [0.15, 0.2) is 4.80 Å². The molecule has 0 fully saturated rings. The molecule has 0 aliphatic rings. The molecule has 0 N–H and O–H groups in total. The second-order valence-electron chi connectivity index (χ2n) is 4.55. The highest BCUT2D eigenvalue weighted by atomic mass is 32.1. The second-order valence-corrected chi connectivity index (χ2v) is 5.43. The van der Waals surface area contributed by atoms with Crippen molar-refractivity contribution in [2.24, 2.45) is 12.0 Å². The van der Waals surface area contributed by atoms with E-state index in [2.05, 4.69) is 4.99 Å². The summed E-state index contributed by atoms with van der Waals surface area (Å²) in [5, 5.41) is 2.76. The minimum atomic E-state index is -0.392. The number of carbonyl (C=O) groups is 1. The molecule has 0 aliphatic heterocycles. The van der Waals surface area contributed by atoms with Gasteiger partial charge >= 0.3 is 5.91 Å². The zero-order valence-corrected chi connectivity index (χ0v) is 12.5. The first kappa shape index (κ1) is 13.8. The van der Waals surface area contributed by atoms with Gasteiger partial charge in [0.2, 0.25) is 5.76 Å². The third kappa shape index (κ3) is 2.55. The van der Waals surface area contributed by atoms with Crippen LogP contribution in [0.4, 0.5) is 0 Å². The predicted molar refractivity (Wildman–Crippen MR) is 80.1 cm³/mol. The maximum absolute atomic E-state index is 12.4. The van der Waals surface area contributed by atoms with E-state index in [4.69, 9.17) is 9.15 Å². The molecule has 6 heteroatoms. The Morgan fingerprint density at radius 1 is 1.43 bits per heavy atom. The van der Waals surface area contributed by atoms with Gasteiger partial charge in [-0.15, -0.1) is 11.3 Å². The zero-order valence-electron chi connectivity index (χ0n) is 11.7. The minimum absolute atomic E-state index is 0.242. The molecule has 2 heterocycles. The third-order valence-corrected chi connectivity index (χ3v) is 3.99. The highest BCUT2D eigenvalue weighted by molar-refractivity contribution is 7.07. The van der Waals surface area contributed by atoms with E-state index in [1.807, 2.05) is 42.9 Å². The summed E-state index contributed by atoms with van der Waals surface area (Å²) in [6.45, 7) is 0.310. The molecule has 21 heavy (non-hydrogen) atoms. The van der Waals surface area contributed by atoms with E-state index in [0.717, 1.165) is 10.9 Å². The average Bonchev–Trinajstić information content (AvgIpc) is 3.04. The van der Waals surface area contributed by atoms with E-state index >= 15 is 0 Å². The summed E-state index contributed by atoms with van der Waals surface area (Å²) in [7, 11) is 3.43. The van der Waals surface area contributed by atoms with Crippen LogP contribution in [-0.2, 0) is 18.4 Å². The van der Waals surface area contributed by atoms with Crippen molar-refractivity contribution in [3.63, 3.8) is 0 Å². The van der Waals surface area contributed by atoms with Gasteiger partial charge in [0.05, 0.1) is 6.61 Å². The number of nitrogens with zero attached hydrogens (tertiary/aromatic N) is 2. The van der Waals surface area contributed by atoms with Crippen molar-refractivity contribution >= 4 is 28.2 Å². The van der Waals surface area contributed by atoms with Crippen molar-refractivity contribution < 1.29 is 13.9 Å². The number of carbonyl (C=O) groups excluding carboxylic acids is 1. The number of hydrogen-bond acceptors (Lipinski definition) is 4. The van der Waals surface area contributed by atoms with Gasteiger partial charge in [0.25, 0.3) is 0 Å². The molecule has 0 bridgehead atoms. The van der Waals surface area contributed by atoms with Crippen LogP contribution in [0.5, 0.6) is 0 Å². The Bertz CT molecular complexity index is 857. The van der Waals surface area contributed by atoms with Crippen molar-refractivity contribution in [3.8, 4) is 0 Å². The van der Waals surface area contributed by atoms with E-state index < -0.39 is 5.91 Å². The molecule has 3 aromatic rings. The van der Waals surface area contributed by atoms with E-state index in [1.54, 1.807) is 11.7 Å². The van der Waals surface area contributed by atoms with Crippen molar-refractivity contribution in [1.29, 1.82) is 0 Å². The largest absolute Gasteiger partial charge is 0.450 e. The SMILES string of the molecule is COCc1c(C(=O)N=c2sccn2C)oc2ccccc12. The Balaban J connectivity index is 2.13. The van der Waals surface area contributed by atoms with Crippen LogP contribution in [0.25, 0.3) is 11.0 Å². The lowest BCUT2D eigenvalue weighted by atomic mass is 10.1. The number of thiazole rings is 1. The Kier molecular flexibility index (Phi) is 3.72. The van der Waals surface area contributed by atoms with Gasteiger partial charge in [-0.2, -0.15) is 4.99 Å². The molecule has 0 atom stereocenters.